The number of ether oxygens (including phenoxy) is 2. The summed E-state index contributed by atoms with van der Waals surface area (Å²) in [6.07, 6.45) is 0. The summed E-state index contributed by atoms with van der Waals surface area (Å²) < 4.78 is 12.5. The molecule has 0 fully saturated rings. The minimum atomic E-state index is -0.414. The summed E-state index contributed by atoms with van der Waals surface area (Å²) in [6, 6.07) is 27.1. The zero-order valence-electron chi connectivity index (χ0n) is 17.5. The van der Waals surface area contributed by atoms with Gasteiger partial charge < -0.3 is 20.3 Å². The molecule has 0 aromatic heterocycles. The van der Waals surface area contributed by atoms with Crippen molar-refractivity contribution in [3.8, 4) is 23.3 Å². The third-order valence-corrected chi connectivity index (χ3v) is 6.37. The van der Waals surface area contributed by atoms with Crippen LogP contribution in [0.5, 0.6) is 17.2 Å². The molecule has 0 amide bonds. The van der Waals surface area contributed by atoms with E-state index in [1.807, 2.05) is 36.4 Å². The van der Waals surface area contributed by atoms with Crippen LogP contribution in [0.15, 0.2) is 94.8 Å². The summed E-state index contributed by atoms with van der Waals surface area (Å²) >= 11 is 3.62. The van der Waals surface area contributed by atoms with Gasteiger partial charge in [-0.15, -0.1) is 0 Å². The van der Waals surface area contributed by atoms with Gasteiger partial charge in [0.2, 0.25) is 5.88 Å². The van der Waals surface area contributed by atoms with Crippen molar-refractivity contribution in [1.82, 2.24) is 0 Å². The van der Waals surface area contributed by atoms with E-state index in [1.54, 1.807) is 12.1 Å². The second-order valence-electron chi connectivity index (χ2n) is 7.76. The molecule has 0 bridgehead atoms. The molecule has 1 heterocycles. The number of phenols is 1. The van der Waals surface area contributed by atoms with Gasteiger partial charge in [-0.25, -0.2) is 0 Å². The van der Waals surface area contributed by atoms with E-state index in [4.69, 9.17) is 15.2 Å². The number of halogens is 1. The molecule has 33 heavy (non-hydrogen) atoms. The molecule has 6 heteroatoms. The maximum Gasteiger partial charge on any atom is 0.205 e. The number of nitrogens with two attached hydrogens (primary N) is 1. The monoisotopic (exact) mass is 498 g/mol. The van der Waals surface area contributed by atoms with Crippen molar-refractivity contribution in [1.29, 1.82) is 5.26 Å². The van der Waals surface area contributed by atoms with Crippen LogP contribution in [-0.4, -0.2) is 5.11 Å². The summed E-state index contributed by atoms with van der Waals surface area (Å²) in [5.74, 6) is 0.818. The molecule has 4 aromatic rings. The van der Waals surface area contributed by atoms with Crippen molar-refractivity contribution >= 4 is 26.7 Å². The molecule has 0 saturated carbocycles. The molecule has 0 spiro atoms. The lowest BCUT2D eigenvalue weighted by Crippen LogP contribution is -2.21. The Balaban J connectivity index is 1.46. The van der Waals surface area contributed by atoms with E-state index < -0.39 is 5.92 Å². The normalized spacial score (nSPS) is 15.0. The van der Waals surface area contributed by atoms with Crippen LogP contribution < -0.4 is 15.2 Å². The maximum absolute atomic E-state index is 9.83. The van der Waals surface area contributed by atoms with Crippen LogP contribution in [0.1, 0.15) is 22.6 Å². The summed E-state index contributed by atoms with van der Waals surface area (Å²) in [4.78, 5) is 0. The first-order valence-corrected chi connectivity index (χ1v) is 11.1. The molecule has 1 aliphatic rings. The Hall–Kier alpha value is -3.95. The molecule has 0 aliphatic carbocycles. The van der Waals surface area contributed by atoms with Gasteiger partial charge in [-0.2, -0.15) is 5.26 Å². The standard InChI is InChI=1S/C27H19BrN2O3/c28-23-12-17(26-21-10-9-19(31)13-25(21)33-27(30)22(26)14-29)8-11-24(23)32-15-18-6-3-5-16-4-1-2-7-20(16)18/h1-13,26,31H,15,30H2/t26-/m1/s1. The van der Waals surface area contributed by atoms with Crippen molar-refractivity contribution in [3.05, 3.63) is 111 Å². The number of fused-ring (bicyclic) bond motifs is 2. The molecule has 1 atom stereocenters. The summed E-state index contributed by atoms with van der Waals surface area (Å²) in [6.45, 7) is 0.426. The largest absolute Gasteiger partial charge is 0.508 e. The van der Waals surface area contributed by atoms with E-state index in [1.165, 1.54) is 11.5 Å². The first-order valence-electron chi connectivity index (χ1n) is 10.3. The smallest absolute Gasteiger partial charge is 0.205 e. The van der Waals surface area contributed by atoms with Crippen molar-refractivity contribution in [2.45, 2.75) is 12.5 Å². The predicted octanol–water partition coefficient (Wildman–Crippen LogP) is 6.11. The van der Waals surface area contributed by atoms with Crippen LogP contribution in [0.2, 0.25) is 0 Å². The van der Waals surface area contributed by atoms with E-state index in [-0.39, 0.29) is 11.6 Å². The average molecular weight is 499 g/mol. The number of phenolic OH excluding ortho intramolecular Hbond substituents is 1. The predicted molar refractivity (Wildman–Crippen MR) is 130 cm³/mol. The first-order chi connectivity index (χ1) is 16.0. The molecule has 0 saturated heterocycles. The maximum atomic E-state index is 9.83. The van der Waals surface area contributed by atoms with E-state index >= 15 is 0 Å². The number of nitrogens with zero attached hydrogens (tertiary/aromatic N) is 1. The van der Waals surface area contributed by atoms with E-state index in [0.717, 1.165) is 26.5 Å². The molecular weight excluding hydrogens is 480 g/mol. The van der Waals surface area contributed by atoms with Gasteiger partial charge in [0.15, 0.2) is 0 Å². The average Bonchev–Trinajstić information content (AvgIpc) is 2.82. The van der Waals surface area contributed by atoms with Gasteiger partial charge in [-0.3, -0.25) is 0 Å². The summed E-state index contributed by atoms with van der Waals surface area (Å²) in [5, 5.41) is 21.9. The highest BCUT2D eigenvalue weighted by Crippen LogP contribution is 2.44. The van der Waals surface area contributed by atoms with Crippen molar-refractivity contribution in [2.75, 3.05) is 0 Å². The second kappa shape index (κ2) is 8.53. The molecule has 5 rings (SSSR count). The Morgan fingerprint density at radius 3 is 2.67 bits per heavy atom. The number of hydrogen-bond acceptors (Lipinski definition) is 5. The van der Waals surface area contributed by atoms with Crippen LogP contribution in [0.4, 0.5) is 0 Å². The molecule has 5 nitrogen and oxygen atoms in total. The van der Waals surface area contributed by atoms with Crippen molar-refractivity contribution < 1.29 is 14.6 Å². The second-order valence-corrected chi connectivity index (χ2v) is 8.62. The topological polar surface area (TPSA) is 88.5 Å². The fourth-order valence-electron chi connectivity index (χ4n) is 4.17. The van der Waals surface area contributed by atoms with E-state index in [2.05, 4.69) is 46.3 Å². The van der Waals surface area contributed by atoms with Gasteiger partial charge in [0.05, 0.1) is 10.4 Å². The van der Waals surface area contributed by atoms with Crippen LogP contribution in [-0.2, 0) is 6.61 Å². The molecule has 3 N–H and O–H groups in total. The Kier molecular flexibility index (Phi) is 5.41. The Morgan fingerprint density at radius 2 is 1.85 bits per heavy atom. The SMILES string of the molecule is N#CC1=C(N)Oc2cc(O)ccc2[C@H]1c1ccc(OCc2cccc3ccccc23)c(Br)c1. The van der Waals surface area contributed by atoms with Gasteiger partial charge in [0.1, 0.15) is 35.5 Å². The molecule has 0 radical (unpaired) electrons. The van der Waals surface area contributed by atoms with Crippen LogP contribution in [0.25, 0.3) is 10.8 Å². The quantitative estimate of drug-likeness (QED) is 0.354. The Morgan fingerprint density at radius 1 is 1.03 bits per heavy atom. The van der Waals surface area contributed by atoms with Gasteiger partial charge in [0.25, 0.3) is 0 Å². The summed E-state index contributed by atoms with van der Waals surface area (Å²) in [7, 11) is 0. The fourth-order valence-corrected chi connectivity index (χ4v) is 4.69. The van der Waals surface area contributed by atoms with Gasteiger partial charge in [0, 0.05) is 11.6 Å². The van der Waals surface area contributed by atoms with Gasteiger partial charge in [-0.05, 0) is 56.0 Å². The van der Waals surface area contributed by atoms with Gasteiger partial charge >= 0.3 is 0 Å². The number of aromatic hydroxyl groups is 1. The fraction of sp³-hybridized carbons (Fsp3) is 0.0741. The number of allylic oxidation sites excluding steroid dienone is 1. The minimum absolute atomic E-state index is 0.0352. The van der Waals surface area contributed by atoms with Gasteiger partial charge in [-0.1, -0.05) is 54.6 Å². The highest BCUT2D eigenvalue weighted by atomic mass is 79.9. The minimum Gasteiger partial charge on any atom is -0.508 e. The molecular formula is C27H19BrN2O3. The molecule has 0 unspecified atom stereocenters. The zero-order chi connectivity index (χ0) is 22.9. The number of rotatable bonds is 4. The Bertz CT molecular complexity index is 1450. The van der Waals surface area contributed by atoms with Crippen LogP contribution >= 0.6 is 15.9 Å². The van der Waals surface area contributed by atoms with Crippen LogP contribution in [0.3, 0.4) is 0 Å². The van der Waals surface area contributed by atoms with Crippen molar-refractivity contribution in [2.24, 2.45) is 5.73 Å². The van der Waals surface area contributed by atoms with Crippen LogP contribution in [0, 0.1) is 11.3 Å². The lowest BCUT2D eigenvalue weighted by molar-refractivity contribution is 0.305. The van der Waals surface area contributed by atoms with E-state index in [9.17, 15) is 10.4 Å². The summed E-state index contributed by atoms with van der Waals surface area (Å²) in [5.41, 5.74) is 9.06. The lowest BCUT2D eigenvalue weighted by atomic mass is 9.83. The molecule has 162 valence electrons. The number of nitriles is 1. The zero-order valence-corrected chi connectivity index (χ0v) is 19.0. The third-order valence-electron chi connectivity index (χ3n) is 5.76. The molecule has 4 aromatic carbocycles. The highest BCUT2D eigenvalue weighted by Gasteiger charge is 2.31. The number of hydrogen-bond donors (Lipinski definition) is 2. The Labute approximate surface area is 199 Å². The lowest BCUT2D eigenvalue weighted by Gasteiger charge is -2.26. The molecule has 1 aliphatic heterocycles. The first kappa shape index (κ1) is 20.9. The van der Waals surface area contributed by atoms with E-state index in [0.29, 0.717) is 23.7 Å². The third kappa shape index (κ3) is 3.88. The number of benzene rings is 4. The highest BCUT2D eigenvalue weighted by molar-refractivity contribution is 9.10. The van der Waals surface area contributed by atoms with Crippen molar-refractivity contribution in [3.63, 3.8) is 0 Å².